The first-order chi connectivity index (χ1) is 12.3. The van der Waals surface area contributed by atoms with Crippen molar-refractivity contribution in [3.8, 4) is 0 Å². The Labute approximate surface area is 152 Å². The molecule has 0 spiro atoms. The molecule has 3 amide bonds. The molecule has 0 bridgehead atoms. The minimum absolute atomic E-state index is 0.0374. The van der Waals surface area contributed by atoms with E-state index < -0.39 is 18.0 Å². The molecular formula is C18H26FN3O4. The van der Waals surface area contributed by atoms with Gasteiger partial charge in [0.2, 0.25) is 5.91 Å². The summed E-state index contributed by atoms with van der Waals surface area (Å²) in [6, 6.07) is 4.54. The van der Waals surface area contributed by atoms with Crippen molar-refractivity contribution in [2.75, 3.05) is 6.54 Å². The maximum atomic E-state index is 12.9. The molecule has 7 nitrogen and oxygen atoms in total. The summed E-state index contributed by atoms with van der Waals surface area (Å²) >= 11 is 0. The Hall–Kier alpha value is -2.64. The fourth-order valence-electron chi connectivity index (χ4n) is 2.32. The van der Waals surface area contributed by atoms with Crippen molar-refractivity contribution in [2.24, 2.45) is 5.92 Å². The van der Waals surface area contributed by atoms with E-state index >= 15 is 0 Å². The molecule has 0 saturated heterocycles. The van der Waals surface area contributed by atoms with E-state index in [0.29, 0.717) is 12.8 Å². The lowest BCUT2D eigenvalue weighted by atomic mass is 10.1. The van der Waals surface area contributed by atoms with E-state index in [4.69, 9.17) is 5.11 Å². The lowest BCUT2D eigenvalue weighted by Gasteiger charge is -2.19. The molecule has 0 radical (unpaired) electrons. The normalized spacial score (nSPS) is 12.7. The number of amides is 3. The number of aliphatic carboxylic acids is 1. The second-order valence-electron chi connectivity index (χ2n) is 6.24. The highest BCUT2D eigenvalue weighted by molar-refractivity contribution is 5.87. The zero-order chi connectivity index (χ0) is 19.5. The lowest BCUT2D eigenvalue weighted by molar-refractivity contribution is -0.138. The molecule has 4 N–H and O–H groups in total. The van der Waals surface area contributed by atoms with Crippen molar-refractivity contribution in [3.63, 3.8) is 0 Å². The third kappa shape index (κ3) is 8.46. The monoisotopic (exact) mass is 367 g/mol. The highest BCUT2D eigenvalue weighted by Gasteiger charge is 2.20. The fraction of sp³-hybridized carbons (Fsp3) is 0.500. The summed E-state index contributed by atoms with van der Waals surface area (Å²) in [6.07, 6.45) is 1.12. The van der Waals surface area contributed by atoms with Gasteiger partial charge in [-0.2, -0.15) is 0 Å². The van der Waals surface area contributed by atoms with Gasteiger partial charge < -0.3 is 21.1 Å². The molecule has 1 aromatic rings. The summed E-state index contributed by atoms with van der Waals surface area (Å²) in [5, 5.41) is 16.6. The van der Waals surface area contributed by atoms with Crippen molar-refractivity contribution >= 4 is 17.9 Å². The lowest BCUT2D eigenvalue weighted by Crippen LogP contribution is -2.50. The largest absolute Gasteiger partial charge is 0.481 e. The van der Waals surface area contributed by atoms with Crippen molar-refractivity contribution in [1.82, 2.24) is 16.0 Å². The summed E-state index contributed by atoms with van der Waals surface area (Å²) in [5.74, 6) is -1.82. The van der Waals surface area contributed by atoms with Crippen LogP contribution >= 0.6 is 0 Å². The number of nitrogens with one attached hydrogen (secondary N) is 3. The topological polar surface area (TPSA) is 108 Å². The highest BCUT2D eigenvalue weighted by Crippen LogP contribution is 2.03. The Bertz CT molecular complexity index is 607. The molecule has 8 heteroatoms. The third-order valence-corrected chi connectivity index (χ3v) is 3.71. The summed E-state index contributed by atoms with van der Waals surface area (Å²) in [6.45, 7) is 4.06. The molecule has 0 fully saturated rings. The standard InChI is InChI=1S/C18H26FN3O4/c1-3-4-15(17(25)20-10-12(2)9-16(23)24)22-18(26)21-11-13-5-7-14(19)8-6-13/h5-8,12,15H,3-4,9-11H2,1-2H3,(H,20,25)(H,23,24)(H2,21,22,26). The van der Waals surface area contributed by atoms with Crippen molar-refractivity contribution in [1.29, 1.82) is 0 Å². The summed E-state index contributed by atoms with van der Waals surface area (Å²) < 4.78 is 12.9. The Morgan fingerprint density at radius 2 is 1.81 bits per heavy atom. The van der Waals surface area contributed by atoms with E-state index in [2.05, 4.69) is 16.0 Å². The average molecular weight is 367 g/mol. The summed E-state index contributed by atoms with van der Waals surface area (Å²) in [7, 11) is 0. The van der Waals surface area contributed by atoms with Crippen molar-refractivity contribution in [3.05, 3.63) is 35.6 Å². The van der Waals surface area contributed by atoms with Crippen LogP contribution in [0.15, 0.2) is 24.3 Å². The predicted molar refractivity (Wildman–Crippen MR) is 94.9 cm³/mol. The van der Waals surface area contributed by atoms with Gasteiger partial charge in [0.05, 0.1) is 0 Å². The number of halogens is 1. The Kier molecular flexibility index (Phi) is 9.11. The number of hydrogen-bond acceptors (Lipinski definition) is 3. The number of carbonyl (C=O) groups is 3. The van der Waals surface area contributed by atoms with Crippen LogP contribution in [-0.2, 0) is 16.1 Å². The molecule has 0 heterocycles. The fourth-order valence-corrected chi connectivity index (χ4v) is 2.32. The van der Waals surface area contributed by atoms with E-state index in [1.54, 1.807) is 19.1 Å². The second kappa shape index (κ2) is 11.1. The van der Waals surface area contributed by atoms with Gasteiger partial charge in [0.25, 0.3) is 0 Å². The van der Waals surface area contributed by atoms with Gasteiger partial charge in [-0.15, -0.1) is 0 Å². The molecular weight excluding hydrogens is 341 g/mol. The zero-order valence-electron chi connectivity index (χ0n) is 15.0. The Morgan fingerprint density at radius 3 is 2.38 bits per heavy atom. The van der Waals surface area contributed by atoms with Gasteiger partial charge in [0.1, 0.15) is 11.9 Å². The first-order valence-electron chi connectivity index (χ1n) is 8.60. The molecule has 144 valence electrons. The van der Waals surface area contributed by atoms with Gasteiger partial charge in [-0.3, -0.25) is 9.59 Å². The van der Waals surface area contributed by atoms with Crippen LogP contribution in [-0.4, -0.2) is 35.6 Å². The van der Waals surface area contributed by atoms with Crippen LogP contribution in [0.4, 0.5) is 9.18 Å². The molecule has 0 aromatic heterocycles. The number of rotatable bonds is 10. The van der Waals surface area contributed by atoms with Gasteiger partial charge in [-0.05, 0) is 30.0 Å². The Balaban J connectivity index is 2.46. The number of hydrogen-bond donors (Lipinski definition) is 4. The molecule has 1 rings (SSSR count). The molecule has 0 aliphatic heterocycles. The molecule has 0 aliphatic rings. The van der Waals surface area contributed by atoms with E-state index in [0.717, 1.165) is 5.56 Å². The van der Waals surface area contributed by atoms with E-state index in [9.17, 15) is 18.8 Å². The van der Waals surface area contributed by atoms with E-state index in [1.807, 2.05) is 6.92 Å². The van der Waals surface area contributed by atoms with Crippen molar-refractivity contribution < 1.29 is 23.9 Å². The molecule has 1 aromatic carbocycles. The number of carboxylic acid groups (broad SMARTS) is 1. The van der Waals surface area contributed by atoms with Crippen LogP contribution in [0.1, 0.15) is 38.7 Å². The highest BCUT2D eigenvalue weighted by atomic mass is 19.1. The van der Waals surface area contributed by atoms with Crippen LogP contribution in [0.3, 0.4) is 0 Å². The van der Waals surface area contributed by atoms with E-state index in [1.165, 1.54) is 12.1 Å². The van der Waals surface area contributed by atoms with Gasteiger partial charge in [-0.1, -0.05) is 32.4 Å². The maximum Gasteiger partial charge on any atom is 0.315 e. The first kappa shape index (κ1) is 21.4. The maximum absolute atomic E-state index is 12.9. The van der Waals surface area contributed by atoms with Crippen LogP contribution in [0, 0.1) is 11.7 Å². The smallest absolute Gasteiger partial charge is 0.315 e. The number of carbonyl (C=O) groups excluding carboxylic acids is 2. The van der Waals surface area contributed by atoms with Crippen LogP contribution in [0.25, 0.3) is 0 Å². The van der Waals surface area contributed by atoms with Gasteiger partial charge in [0, 0.05) is 19.5 Å². The molecule has 0 aliphatic carbocycles. The SMILES string of the molecule is CCCC(NC(=O)NCc1ccc(F)cc1)C(=O)NCC(C)CC(=O)O. The zero-order valence-corrected chi connectivity index (χ0v) is 15.0. The molecule has 26 heavy (non-hydrogen) atoms. The number of carboxylic acids is 1. The molecule has 0 saturated carbocycles. The predicted octanol–water partition coefficient (Wildman–Crippen LogP) is 2.02. The quantitative estimate of drug-likeness (QED) is 0.507. The van der Waals surface area contributed by atoms with Gasteiger partial charge in [0.15, 0.2) is 0 Å². The number of benzene rings is 1. The van der Waals surface area contributed by atoms with Gasteiger partial charge in [-0.25, -0.2) is 9.18 Å². The number of urea groups is 1. The first-order valence-corrected chi connectivity index (χ1v) is 8.60. The summed E-state index contributed by atoms with van der Waals surface area (Å²) in [4.78, 5) is 34.9. The second-order valence-corrected chi connectivity index (χ2v) is 6.24. The van der Waals surface area contributed by atoms with Gasteiger partial charge >= 0.3 is 12.0 Å². The van der Waals surface area contributed by atoms with Crippen molar-refractivity contribution in [2.45, 2.75) is 45.7 Å². The average Bonchev–Trinajstić information content (AvgIpc) is 2.58. The Morgan fingerprint density at radius 1 is 1.15 bits per heavy atom. The third-order valence-electron chi connectivity index (χ3n) is 3.71. The molecule has 2 atom stereocenters. The van der Waals surface area contributed by atoms with Crippen LogP contribution < -0.4 is 16.0 Å². The minimum Gasteiger partial charge on any atom is -0.481 e. The van der Waals surface area contributed by atoms with Crippen LogP contribution in [0.5, 0.6) is 0 Å². The van der Waals surface area contributed by atoms with E-state index in [-0.39, 0.29) is 37.2 Å². The van der Waals surface area contributed by atoms with Crippen LogP contribution in [0.2, 0.25) is 0 Å². The molecule has 2 unspecified atom stereocenters. The summed E-state index contributed by atoms with van der Waals surface area (Å²) in [5.41, 5.74) is 0.737. The minimum atomic E-state index is -0.921.